The molecular weight excluding hydrogens is 541 g/mol. The Kier molecular flexibility index (Phi) is 8.68. The number of aryl methyl sites for hydroxylation is 2. The highest BCUT2D eigenvalue weighted by molar-refractivity contribution is 6.00. The standard InChI is InChI=1S/C33H37F3N4O2/c1-22-13-14-23(2)38-29(22)30(41)39-24-15-19-40(20-16-24)18-8-7-17-32(31(42)37-21-33(34,35)36)27-11-5-3-9-25(27)26-10-4-6-12-28(26)32/h3-6,9-14,24H,7-8,15-21H2,1-2H3,(H,37,42)(H,39,41). The van der Waals surface area contributed by atoms with E-state index in [4.69, 9.17) is 0 Å². The maximum absolute atomic E-state index is 13.6. The molecule has 2 aromatic carbocycles. The largest absolute Gasteiger partial charge is 0.405 e. The molecule has 0 bridgehead atoms. The van der Waals surface area contributed by atoms with Crippen molar-refractivity contribution in [2.75, 3.05) is 26.2 Å². The molecule has 6 nitrogen and oxygen atoms in total. The molecule has 1 aliphatic carbocycles. The number of aromatic nitrogens is 1. The Labute approximate surface area is 244 Å². The van der Waals surface area contributed by atoms with Crippen LogP contribution in [0.3, 0.4) is 0 Å². The SMILES string of the molecule is Cc1ccc(C)c(C(=O)NC2CCN(CCCCC3(C(=O)NCC(F)(F)F)c4ccccc4-c4ccccc43)CC2)n1. The number of pyridine rings is 1. The van der Waals surface area contributed by atoms with Gasteiger partial charge in [-0.25, -0.2) is 4.98 Å². The summed E-state index contributed by atoms with van der Waals surface area (Å²) in [5.41, 5.74) is 4.29. The van der Waals surface area contributed by atoms with E-state index < -0.39 is 24.0 Å². The zero-order valence-corrected chi connectivity index (χ0v) is 24.1. The molecule has 9 heteroatoms. The van der Waals surface area contributed by atoms with E-state index in [1.54, 1.807) is 0 Å². The van der Waals surface area contributed by atoms with Gasteiger partial charge in [0.25, 0.3) is 5.91 Å². The number of hydrogen-bond donors (Lipinski definition) is 2. The average molecular weight is 579 g/mol. The number of fused-ring (bicyclic) bond motifs is 3. The summed E-state index contributed by atoms with van der Waals surface area (Å²) in [5, 5.41) is 5.34. The van der Waals surface area contributed by atoms with Gasteiger partial charge >= 0.3 is 6.18 Å². The molecule has 0 spiro atoms. The minimum absolute atomic E-state index is 0.0857. The van der Waals surface area contributed by atoms with Crippen LogP contribution in [0.25, 0.3) is 11.1 Å². The summed E-state index contributed by atoms with van der Waals surface area (Å²) in [5.74, 6) is -0.743. The van der Waals surface area contributed by atoms with E-state index in [1.165, 1.54) is 0 Å². The van der Waals surface area contributed by atoms with Gasteiger partial charge in [0.1, 0.15) is 17.7 Å². The van der Waals surface area contributed by atoms with Crippen molar-refractivity contribution in [2.45, 2.75) is 63.6 Å². The highest BCUT2D eigenvalue weighted by Gasteiger charge is 2.49. The van der Waals surface area contributed by atoms with Gasteiger partial charge in [0.15, 0.2) is 0 Å². The van der Waals surface area contributed by atoms with Crippen molar-refractivity contribution in [3.05, 3.63) is 88.7 Å². The van der Waals surface area contributed by atoms with Gasteiger partial charge in [-0.2, -0.15) is 13.2 Å². The molecule has 0 unspecified atom stereocenters. The van der Waals surface area contributed by atoms with E-state index in [-0.39, 0.29) is 11.9 Å². The van der Waals surface area contributed by atoms with Crippen molar-refractivity contribution in [1.82, 2.24) is 20.5 Å². The predicted octanol–water partition coefficient (Wildman–Crippen LogP) is 5.71. The molecule has 2 heterocycles. The Morgan fingerprint density at radius 2 is 1.55 bits per heavy atom. The van der Waals surface area contributed by atoms with E-state index in [0.717, 1.165) is 72.4 Å². The first-order valence-electron chi connectivity index (χ1n) is 14.6. The Hall–Kier alpha value is -3.72. The number of amides is 2. The monoisotopic (exact) mass is 578 g/mol. The third-order valence-electron chi connectivity index (χ3n) is 8.55. The molecular formula is C33H37F3N4O2. The van der Waals surface area contributed by atoms with Crippen molar-refractivity contribution in [3.8, 4) is 11.1 Å². The number of carbonyl (C=O) groups is 2. The lowest BCUT2D eigenvalue weighted by molar-refractivity contribution is -0.141. The van der Waals surface area contributed by atoms with Crippen LogP contribution in [-0.2, 0) is 10.2 Å². The summed E-state index contributed by atoms with van der Waals surface area (Å²) >= 11 is 0. The van der Waals surface area contributed by atoms with Crippen molar-refractivity contribution >= 4 is 11.8 Å². The average Bonchev–Trinajstić information content (AvgIpc) is 3.26. The molecule has 0 atom stereocenters. The van der Waals surface area contributed by atoms with Gasteiger partial charge in [0.2, 0.25) is 5.91 Å². The summed E-state index contributed by atoms with van der Waals surface area (Å²) in [4.78, 5) is 33.2. The fourth-order valence-corrected chi connectivity index (χ4v) is 6.42. The van der Waals surface area contributed by atoms with Crippen molar-refractivity contribution in [3.63, 3.8) is 0 Å². The zero-order valence-electron chi connectivity index (χ0n) is 24.1. The number of unbranched alkanes of at least 4 members (excludes halogenated alkanes) is 1. The lowest BCUT2D eigenvalue weighted by Crippen LogP contribution is -2.47. The maximum atomic E-state index is 13.6. The zero-order chi connectivity index (χ0) is 29.9. The van der Waals surface area contributed by atoms with E-state index in [2.05, 4.69) is 20.5 Å². The molecule has 0 saturated carbocycles. The summed E-state index contributed by atoms with van der Waals surface area (Å²) in [6.45, 7) is 4.90. The molecule has 0 radical (unpaired) electrons. The molecule has 2 aliphatic rings. The molecule has 1 aliphatic heterocycles. The topological polar surface area (TPSA) is 74.3 Å². The molecule has 5 rings (SSSR count). The smallest absolute Gasteiger partial charge is 0.348 e. The maximum Gasteiger partial charge on any atom is 0.405 e. The third kappa shape index (κ3) is 6.21. The molecule has 222 valence electrons. The van der Waals surface area contributed by atoms with E-state index in [9.17, 15) is 22.8 Å². The Balaban J connectivity index is 1.20. The number of carbonyl (C=O) groups excluding carboxylic acids is 2. The second kappa shape index (κ2) is 12.3. The first kappa shape index (κ1) is 29.8. The molecule has 1 fully saturated rings. The van der Waals surface area contributed by atoms with Gasteiger partial charge in [-0.3, -0.25) is 9.59 Å². The Morgan fingerprint density at radius 3 is 2.17 bits per heavy atom. The van der Waals surface area contributed by atoms with Crippen LogP contribution < -0.4 is 10.6 Å². The number of nitrogens with one attached hydrogen (secondary N) is 2. The van der Waals surface area contributed by atoms with E-state index in [0.29, 0.717) is 18.5 Å². The lowest BCUT2D eigenvalue weighted by Gasteiger charge is -2.33. The molecule has 1 aromatic heterocycles. The van der Waals surface area contributed by atoms with Gasteiger partial charge in [0, 0.05) is 24.8 Å². The fourth-order valence-electron chi connectivity index (χ4n) is 6.42. The normalized spacial score (nSPS) is 16.5. The number of alkyl halides is 3. The van der Waals surface area contributed by atoms with Crippen molar-refractivity contribution < 1.29 is 22.8 Å². The second-order valence-electron chi connectivity index (χ2n) is 11.5. The van der Waals surface area contributed by atoms with Gasteiger partial charge in [-0.15, -0.1) is 0 Å². The van der Waals surface area contributed by atoms with E-state index in [1.807, 2.05) is 74.5 Å². The van der Waals surface area contributed by atoms with Gasteiger partial charge in [-0.05, 0) is 80.0 Å². The van der Waals surface area contributed by atoms with Crippen LogP contribution in [0.4, 0.5) is 13.2 Å². The number of nitrogens with zero attached hydrogens (tertiary/aromatic N) is 2. The predicted molar refractivity (Wildman–Crippen MR) is 156 cm³/mol. The van der Waals surface area contributed by atoms with Crippen LogP contribution in [-0.4, -0.2) is 60.1 Å². The lowest BCUT2D eigenvalue weighted by atomic mass is 9.73. The van der Waals surface area contributed by atoms with Crippen LogP contribution >= 0.6 is 0 Å². The summed E-state index contributed by atoms with van der Waals surface area (Å²) in [7, 11) is 0. The van der Waals surface area contributed by atoms with Gasteiger partial charge < -0.3 is 15.5 Å². The highest BCUT2D eigenvalue weighted by Crippen LogP contribution is 2.51. The molecule has 42 heavy (non-hydrogen) atoms. The number of halogens is 3. The molecule has 2 N–H and O–H groups in total. The van der Waals surface area contributed by atoms with Crippen molar-refractivity contribution in [2.24, 2.45) is 0 Å². The summed E-state index contributed by atoms with van der Waals surface area (Å²) in [6.07, 6.45) is -0.920. The summed E-state index contributed by atoms with van der Waals surface area (Å²) < 4.78 is 39.3. The van der Waals surface area contributed by atoms with Crippen molar-refractivity contribution in [1.29, 1.82) is 0 Å². The van der Waals surface area contributed by atoms with Crippen LogP contribution in [0.1, 0.15) is 65.0 Å². The fraction of sp³-hybridized carbons (Fsp3) is 0.424. The molecule has 3 aromatic rings. The summed E-state index contributed by atoms with van der Waals surface area (Å²) in [6, 6.07) is 19.0. The third-order valence-corrected chi connectivity index (χ3v) is 8.55. The Bertz CT molecular complexity index is 1400. The first-order chi connectivity index (χ1) is 20.1. The van der Waals surface area contributed by atoms with Gasteiger partial charge in [-0.1, -0.05) is 61.0 Å². The number of hydrogen-bond acceptors (Lipinski definition) is 4. The van der Waals surface area contributed by atoms with Crippen LogP contribution in [0.2, 0.25) is 0 Å². The number of likely N-dealkylation sites (tertiary alicyclic amines) is 1. The number of rotatable bonds is 9. The number of piperidine rings is 1. The number of benzene rings is 2. The molecule has 2 amide bonds. The Morgan fingerprint density at radius 1 is 0.929 bits per heavy atom. The first-order valence-corrected chi connectivity index (χ1v) is 14.6. The van der Waals surface area contributed by atoms with Crippen LogP contribution in [0.15, 0.2) is 60.7 Å². The second-order valence-corrected chi connectivity index (χ2v) is 11.5. The minimum atomic E-state index is -4.49. The minimum Gasteiger partial charge on any atom is -0.348 e. The quantitative estimate of drug-likeness (QED) is 0.319. The molecule has 1 saturated heterocycles. The van der Waals surface area contributed by atoms with Gasteiger partial charge in [0.05, 0.1) is 0 Å². The highest BCUT2D eigenvalue weighted by atomic mass is 19.4. The van der Waals surface area contributed by atoms with Crippen LogP contribution in [0, 0.1) is 13.8 Å². The van der Waals surface area contributed by atoms with Crippen LogP contribution in [0.5, 0.6) is 0 Å². The van der Waals surface area contributed by atoms with E-state index >= 15 is 0 Å².